The average Bonchev–Trinajstić information content (AvgIpc) is 2.61. The van der Waals surface area contributed by atoms with E-state index in [1.54, 1.807) is 19.9 Å². The van der Waals surface area contributed by atoms with Gasteiger partial charge in [-0.25, -0.2) is 17.9 Å². The van der Waals surface area contributed by atoms with Crippen LogP contribution in [0.25, 0.3) is 0 Å². The quantitative estimate of drug-likeness (QED) is 0.591. The van der Waals surface area contributed by atoms with Crippen molar-refractivity contribution >= 4 is 21.7 Å². The number of amides is 2. The zero-order valence-corrected chi connectivity index (χ0v) is 19.5. The number of hydrogen-bond acceptors (Lipinski definition) is 4. The predicted octanol–water partition coefficient (Wildman–Crippen LogP) is 5.11. The van der Waals surface area contributed by atoms with Crippen molar-refractivity contribution in [2.45, 2.75) is 71.3 Å². The standard InChI is InChI=1S/C23H32N2O4S/c1-13(2)19-10-15(5)11-20(14(3)4)22(19)24-23(27)25-30(28,29)18-9-8-16(6)21(12-18)17(7)26/h8-14,17,26H,1-7H3,(H2,24,25,27). The molecule has 1 atom stereocenters. The number of carbonyl (C=O) groups is 1. The molecule has 2 aromatic rings. The molecule has 0 saturated carbocycles. The van der Waals surface area contributed by atoms with Crippen LogP contribution in [-0.4, -0.2) is 19.6 Å². The van der Waals surface area contributed by atoms with Gasteiger partial charge in [-0.2, -0.15) is 0 Å². The fourth-order valence-electron chi connectivity index (χ4n) is 3.45. The van der Waals surface area contributed by atoms with E-state index in [9.17, 15) is 18.3 Å². The van der Waals surface area contributed by atoms with Crippen LogP contribution in [0.15, 0.2) is 35.2 Å². The number of rotatable bonds is 6. The first kappa shape index (κ1) is 23.9. The highest BCUT2D eigenvalue weighted by molar-refractivity contribution is 7.90. The zero-order chi connectivity index (χ0) is 22.8. The summed E-state index contributed by atoms with van der Waals surface area (Å²) in [5, 5.41) is 12.6. The van der Waals surface area contributed by atoms with Gasteiger partial charge in [0.25, 0.3) is 10.0 Å². The van der Waals surface area contributed by atoms with Gasteiger partial charge < -0.3 is 10.4 Å². The molecule has 2 aromatic carbocycles. The minimum absolute atomic E-state index is 0.0729. The fourth-order valence-corrected chi connectivity index (χ4v) is 4.40. The first-order valence-electron chi connectivity index (χ1n) is 10.1. The van der Waals surface area contributed by atoms with Crippen molar-refractivity contribution in [3.63, 3.8) is 0 Å². The molecule has 1 unspecified atom stereocenters. The van der Waals surface area contributed by atoms with Gasteiger partial charge in [0.1, 0.15) is 0 Å². The van der Waals surface area contributed by atoms with Crippen molar-refractivity contribution in [1.82, 2.24) is 4.72 Å². The average molecular weight is 433 g/mol. The summed E-state index contributed by atoms with van der Waals surface area (Å²) in [4.78, 5) is 12.6. The molecule has 6 nitrogen and oxygen atoms in total. The van der Waals surface area contributed by atoms with Crippen LogP contribution in [0.3, 0.4) is 0 Å². The molecule has 164 valence electrons. The molecule has 0 aliphatic rings. The van der Waals surface area contributed by atoms with Crippen molar-refractivity contribution in [3.05, 3.63) is 58.1 Å². The van der Waals surface area contributed by atoms with Crippen LogP contribution in [0.2, 0.25) is 0 Å². The number of hydrogen-bond donors (Lipinski definition) is 3. The topological polar surface area (TPSA) is 95.5 Å². The maximum absolute atomic E-state index is 12.8. The summed E-state index contributed by atoms with van der Waals surface area (Å²) in [6.45, 7) is 13.5. The summed E-state index contributed by atoms with van der Waals surface area (Å²) < 4.78 is 27.6. The second-order valence-electron chi connectivity index (χ2n) is 8.38. The Morgan fingerprint density at radius 1 is 0.900 bits per heavy atom. The van der Waals surface area contributed by atoms with Gasteiger partial charge in [0.05, 0.1) is 11.0 Å². The first-order valence-corrected chi connectivity index (χ1v) is 11.6. The van der Waals surface area contributed by atoms with Gasteiger partial charge in [-0.05, 0) is 67.0 Å². The van der Waals surface area contributed by atoms with Crippen molar-refractivity contribution in [2.24, 2.45) is 0 Å². The van der Waals surface area contributed by atoms with Gasteiger partial charge in [-0.15, -0.1) is 0 Å². The number of sulfonamides is 1. The molecule has 2 amide bonds. The lowest BCUT2D eigenvalue weighted by Gasteiger charge is -2.21. The molecule has 0 radical (unpaired) electrons. The first-order chi connectivity index (χ1) is 13.8. The van der Waals surface area contributed by atoms with Gasteiger partial charge in [-0.3, -0.25) is 0 Å². The number of benzene rings is 2. The van der Waals surface area contributed by atoms with Crippen molar-refractivity contribution in [1.29, 1.82) is 0 Å². The molecule has 7 heteroatoms. The molecule has 0 bridgehead atoms. The zero-order valence-electron chi connectivity index (χ0n) is 18.7. The third-order valence-electron chi connectivity index (χ3n) is 5.06. The minimum atomic E-state index is -4.10. The summed E-state index contributed by atoms with van der Waals surface area (Å²) in [6, 6.07) is 7.62. The van der Waals surface area contributed by atoms with Crippen molar-refractivity contribution in [3.8, 4) is 0 Å². The maximum Gasteiger partial charge on any atom is 0.333 e. The summed E-state index contributed by atoms with van der Waals surface area (Å²) in [5.41, 5.74) is 4.92. The molecule has 0 aliphatic carbocycles. The van der Waals surface area contributed by atoms with E-state index in [1.807, 2.05) is 46.8 Å². The number of aryl methyl sites for hydroxylation is 2. The van der Waals surface area contributed by atoms with Gasteiger partial charge >= 0.3 is 6.03 Å². The SMILES string of the molecule is Cc1cc(C(C)C)c(NC(=O)NS(=O)(=O)c2ccc(C)c(C(C)O)c2)c(C(C)C)c1. The maximum atomic E-state index is 12.8. The van der Waals surface area contributed by atoms with E-state index in [0.717, 1.165) is 22.3 Å². The molecule has 0 spiro atoms. The molecule has 0 saturated heterocycles. The summed E-state index contributed by atoms with van der Waals surface area (Å²) in [6.07, 6.45) is -0.816. The van der Waals surface area contributed by atoms with Crippen molar-refractivity contribution in [2.75, 3.05) is 5.32 Å². The molecule has 0 aliphatic heterocycles. The summed E-state index contributed by atoms with van der Waals surface area (Å²) in [5.74, 6) is 0.306. The number of anilines is 1. The van der Waals surface area contributed by atoms with E-state index in [-0.39, 0.29) is 16.7 Å². The monoisotopic (exact) mass is 432 g/mol. The predicted molar refractivity (Wildman–Crippen MR) is 121 cm³/mol. The second kappa shape index (κ2) is 9.18. The lowest BCUT2D eigenvalue weighted by molar-refractivity contribution is 0.198. The molecule has 30 heavy (non-hydrogen) atoms. The Labute approximate surface area is 179 Å². The largest absolute Gasteiger partial charge is 0.389 e. The lowest BCUT2D eigenvalue weighted by atomic mass is 9.90. The van der Waals surface area contributed by atoms with Crippen LogP contribution in [-0.2, 0) is 10.0 Å². The Kier molecular flexibility index (Phi) is 7.31. The smallest absolute Gasteiger partial charge is 0.333 e. The molecular weight excluding hydrogens is 400 g/mol. The normalized spacial score (nSPS) is 12.9. The molecule has 0 heterocycles. The Bertz CT molecular complexity index is 1010. The Morgan fingerprint density at radius 3 is 1.90 bits per heavy atom. The Hall–Kier alpha value is -2.38. The van der Waals surface area contributed by atoms with Crippen molar-refractivity contribution < 1.29 is 18.3 Å². The number of nitrogens with one attached hydrogen (secondary N) is 2. The van der Waals surface area contributed by atoms with E-state index in [0.29, 0.717) is 11.3 Å². The lowest BCUT2D eigenvalue weighted by Crippen LogP contribution is -2.35. The highest BCUT2D eigenvalue weighted by Crippen LogP contribution is 2.34. The minimum Gasteiger partial charge on any atom is -0.389 e. The molecule has 0 fully saturated rings. The van der Waals surface area contributed by atoms with Crippen LogP contribution in [0.4, 0.5) is 10.5 Å². The summed E-state index contributed by atoms with van der Waals surface area (Å²) >= 11 is 0. The highest BCUT2D eigenvalue weighted by Gasteiger charge is 2.22. The van der Waals surface area contributed by atoms with Crippen LogP contribution in [0.5, 0.6) is 0 Å². The Morgan fingerprint density at radius 2 is 1.43 bits per heavy atom. The van der Waals surface area contributed by atoms with E-state index in [4.69, 9.17) is 0 Å². The van der Waals surface area contributed by atoms with Gasteiger partial charge in [0, 0.05) is 5.69 Å². The molecule has 0 aromatic heterocycles. The molecule has 2 rings (SSSR count). The van der Waals surface area contributed by atoms with E-state index < -0.39 is 22.2 Å². The third kappa shape index (κ3) is 5.40. The van der Waals surface area contributed by atoms with Gasteiger partial charge in [-0.1, -0.05) is 51.5 Å². The Balaban J connectivity index is 2.37. The van der Waals surface area contributed by atoms with Crippen LogP contribution < -0.4 is 10.0 Å². The van der Waals surface area contributed by atoms with Gasteiger partial charge in [0.2, 0.25) is 0 Å². The van der Waals surface area contributed by atoms with E-state index >= 15 is 0 Å². The third-order valence-corrected chi connectivity index (χ3v) is 6.39. The van der Waals surface area contributed by atoms with E-state index in [2.05, 4.69) is 10.0 Å². The highest BCUT2D eigenvalue weighted by atomic mass is 32.2. The number of carbonyl (C=O) groups excluding carboxylic acids is 1. The van der Waals surface area contributed by atoms with Crippen LogP contribution >= 0.6 is 0 Å². The number of urea groups is 1. The number of aliphatic hydroxyl groups is 1. The van der Waals surface area contributed by atoms with Crippen LogP contribution in [0.1, 0.15) is 80.4 Å². The van der Waals surface area contributed by atoms with Gasteiger partial charge in [0.15, 0.2) is 0 Å². The second-order valence-corrected chi connectivity index (χ2v) is 10.1. The van der Waals surface area contributed by atoms with Crippen LogP contribution in [0, 0.1) is 13.8 Å². The molecular formula is C23H32N2O4S. The number of aliphatic hydroxyl groups excluding tert-OH is 1. The molecule has 3 N–H and O–H groups in total. The van der Waals surface area contributed by atoms with E-state index in [1.165, 1.54) is 12.1 Å². The fraction of sp³-hybridized carbons (Fsp3) is 0.435. The summed E-state index contributed by atoms with van der Waals surface area (Å²) in [7, 11) is -4.10.